The van der Waals surface area contributed by atoms with E-state index in [1.807, 2.05) is 6.92 Å². The Kier molecular flexibility index (Phi) is 7.23. The number of aryl methyl sites for hydroxylation is 1. The van der Waals surface area contributed by atoms with Gasteiger partial charge in [-0.3, -0.25) is 0 Å². The molecule has 20 heavy (non-hydrogen) atoms. The van der Waals surface area contributed by atoms with Crippen molar-refractivity contribution in [2.24, 2.45) is 0 Å². The van der Waals surface area contributed by atoms with E-state index in [4.69, 9.17) is 14.2 Å². The summed E-state index contributed by atoms with van der Waals surface area (Å²) in [6.07, 6.45) is 0. The summed E-state index contributed by atoms with van der Waals surface area (Å²) in [5.74, 6) is 0.905. The Morgan fingerprint density at radius 2 is 1.90 bits per heavy atom. The van der Waals surface area contributed by atoms with Crippen LogP contribution < -0.4 is 4.74 Å². The number of benzene rings is 1. The van der Waals surface area contributed by atoms with Crippen molar-refractivity contribution < 1.29 is 14.2 Å². The van der Waals surface area contributed by atoms with Crippen molar-refractivity contribution in [3.05, 3.63) is 23.3 Å². The van der Waals surface area contributed by atoms with E-state index in [1.54, 1.807) is 7.11 Å². The lowest BCUT2D eigenvalue weighted by Crippen LogP contribution is -2.14. The van der Waals surface area contributed by atoms with Gasteiger partial charge in [0.25, 0.3) is 0 Å². The van der Waals surface area contributed by atoms with Gasteiger partial charge in [0, 0.05) is 12.0 Å². The molecule has 0 saturated heterocycles. The third kappa shape index (κ3) is 5.20. The van der Waals surface area contributed by atoms with Crippen LogP contribution >= 0.6 is 22.5 Å². The largest absolute Gasteiger partial charge is 0.491 e. The zero-order valence-electron chi connectivity index (χ0n) is 12.9. The summed E-state index contributed by atoms with van der Waals surface area (Å²) in [7, 11) is 3.08. The highest BCUT2D eigenvalue weighted by Crippen LogP contribution is 2.38. The van der Waals surface area contributed by atoms with Crippen LogP contribution in [0.2, 0.25) is 0 Å². The fourth-order valence-corrected chi connectivity index (χ4v) is 2.98. The maximum Gasteiger partial charge on any atom is 0.146 e. The predicted octanol–water partition coefficient (Wildman–Crippen LogP) is 4.23. The third-order valence-corrected chi connectivity index (χ3v) is 3.99. The summed E-state index contributed by atoms with van der Waals surface area (Å²) in [4.78, 5) is 1.18. The first-order valence-electron chi connectivity index (χ1n) is 6.56. The van der Waals surface area contributed by atoms with Gasteiger partial charge in [-0.1, -0.05) is 31.6 Å². The molecule has 0 spiro atoms. The minimum Gasteiger partial charge on any atom is -0.491 e. The van der Waals surface area contributed by atoms with Gasteiger partial charge in [0.2, 0.25) is 0 Å². The standard InChI is InChI=1S/C15H24O3S2/c1-11-8-14(20-19)12(15(2,3)4)9-13(11)18-7-6-17-10-16-5/h8-9,19H,6-7,10H2,1-5H3. The molecule has 114 valence electrons. The molecular weight excluding hydrogens is 292 g/mol. The smallest absolute Gasteiger partial charge is 0.146 e. The van der Waals surface area contributed by atoms with Gasteiger partial charge in [-0.15, -0.1) is 11.7 Å². The van der Waals surface area contributed by atoms with E-state index in [9.17, 15) is 0 Å². The molecule has 0 saturated carbocycles. The molecule has 0 aliphatic heterocycles. The molecule has 0 unspecified atom stereocenters. The molecule has 0 bridgehead atoms. The van der Waals surface area contributed by atoms with Crippen molar-refractivity contribution >= 4 is 22.5 Å². The lowest BCUT2D eigenvalue weighted by Gasteiger charge is -2.24. The summed E-state index contributed by atoms with van der Waals surface area (Å²) in [5.41, 5.74) is 2.42. The van der Waals surface area contributed by atoms with Gasteiger partial charge in [-0.2, -0.15) is 0 Å². The second kappa shape index (κ2) is 8.17. The first-order chi connectivity index (χ1) is 9.40. The molecule has 5 heteroatoms. The fourth-order valence-electron chi connectivity index (χ4n) is 1.83. The average molecular weight is 316 g/mol. The van der Waals surface area contributed by atoms with E-state index in [-0.39, 0.29) is 5.41 Å². The van der Waals surface area contributed by atoms with Crippen molar-refractivity contribution in [3.8, 4) is 5.75 Å². The highest BCUT2D eigenvalue weighted by Gasteiger charge is 2.20. The molecule has 0 aromatic heterocycles. The van der Waals surface area contributed by atoms with Gasteiger partial charge in [0.05, 0.1) is 6.61 Å². The maximum absolute atomic E-state index is 5.80. The number of methoxy groups -OCH3 is 1. The molecule has 0 aliphatic carbocycles. The fraction of sp³-hybridized carbons (Fsp3) is 0.600. The number of hydrogen-bond donors (Lipinski definition) is 1. The molecule has 1 rings (SSSR count). The molecule has 0 aliphatic rings. The lowest BCUT2D eigenvalue weighted by molar-refractivity contribution is -0.0388. The molecule has 1 aromatic rings. The van der Waals surface area contributed by atoms with Gasteiger partial charge in [0.1, 0.15) is 19.1 Å². The van der Waals surface area contributed by atoms with Crippen molar-refractivity contribution in [2.75, 3.05) is 27.1 Å². The second-order valence-corrected chi connectivity index (χ2v) is 6.79. The Morgan fingerprint density at radius 3 is 2.45 bits per heavy atom. The summed E-state index contributed by atoms with van der Waals surface area (Å²) < 4.78 is 15.9. The Balaban J connectivity index is 2.81. The monoisotopic (exact) mass is 316 g/mol. The zero-order valence-corrected chi connectivity index (χ0v) is 14.6. The van der Waals surface area contributed by atoms with Crippen LogP contribution in [0.25, 0.3) is 0 Å². The van der Waals surface area contributed by atoms with Gasteiger partial charge in [-0.25, -0.2) is 0 Å². The molecular formula is C15H24O3S2. The SMILES string of the molecule is COCOCCOc1cc(C(C)(C)C)c(SS)cc1C. The predicted molar refractivity (Wildman–Crippen MR) is 88.0 cm³/mol. The minimum absolute atomic E-state index is 0.0590. The summed E-state index contributed by atoms with van der Waals surface area (Å²) in [5, 5.41) is 0. The van der Waals surface area contributed by atoms with E-state index < -0.39 is 0 Å². The quantitative estimate of drug-likeness (QED) is 0.353. The molecule has 0 radical (unpaired) electrons. The van der Waals surface area contributed by atoms with Crippen molar-refractivity contribution in [3.63, 3.8) is 0 Å². The topological polar surface area (TPSA) is 27.7 Å². The van der Waals surface area contributed by atoms with Gasteiger partial charge in [0.15, 0.2) is 0 Å². The molecule has 3 nitrogen and oxygen atoms in total. The van der Waals surface area contributed by atoms with Crippen LogP contribution in [0.1, 0.15) is 31.9 Å². The van der Waals surface area contributed by atoms with Crippen LogP contribution in [0.3, 0.4) is 0 Å². The van der Waals surface area contributed by atoms with Crippen LogP contribution in [0, 0.1) is 6.92 Å². The van der Waals surface area contributed by atoms with Gasteiger partial charge < -0.3 is 14.2 Å². The third-order valence-electron chi connectivity index (χ3n) is 2.87. The van der Waals surface area contributed by atoms with E-state index in [0.717, 1.165) is 11.3 Å². The Bertz CT molecular complexity index is 428. The summed E-state index contributed by atoms with van der Waals surface area (Å²) in [6.45, 7) is 9.95. The molecule has 0 fully saturated rings. The van der Waals surface area contributed by atoms with E-state index >= 15 is 0 Å². The number of thiol groups is 1. The normalized spacial score (nSPS) is 11.7. The van der Waals surface area contributed by atoms with E-state index in [2.05, 4.69) is 44.6 Å². The lowest BCUT2D eigenvalue weighted by atomic mass is 9.86. The average Bonchev–Trinajstić information content (AvgIpc) is 2.38. The van der Waals surface area contributed by atoms with Crippen LogP contribution in [0.15, 0.2) is 17.0 Å². The Morgan fingerprint density at radius 1 is 1.20 bits per heavy atom. The van der Waals surface area contributed by atoms with Crippen molar-refractivity contribution in [2.45, 2.75) is 38.0 Å². The van der Waals surface area contributed by atoms with E-state index in [0.29, 0.717) is 20.0 Å². The highest BCUT2D eigenvalue weighted by atomic mass is 33.1. The van der Waals surface area contributed by atoms with Crippen molar-refractivity contribution in [1.82, 2.24) is 0 Å². The van der Waals surface area contributed by atoms with Gasteiger partial charge in [-0.05, 0) is 35.6 Å². The molecule has 0 N–H and O–H groups in total. The zero-order chi connectivity index (χ0) is 15.2. The first-order valence-corrected chi connectivity index (χ1v) is 8.43. The van der Waals surface area contributed by atoms with Crippen LogP contribution in [0.4, 0.5) is 0 Å². The van der Waals surface area contributed by atoms with Crippen LogP contribution in [0.5, 0.6) is 5.75 Å². The Labute approximate surface area is 131 Å². The maximum atomic E-state index is 5.80. The summed E-state index contributed by atoms with van der Waals surface area (Å²) in [6, 6.07) is 4.24. The molecule has 1 aromatic carbocycles. The number of hydrogen-bond acceptors (Lipinski definition) is 5. The van der Waals surface area contributed by atoms with Gasteiger partial charge >= 0.3 is 0 Å². The Hall–Kier alpha value is -0.360. The van der Waals surface area contributed by atoms with Crippen molar-refractivity contribution in [1.29, 1.82) is 0 Å². The molecule has 0 atom stereocenters. The first kappa shape index (κ1) is 17.7. The summed E-state index contributed by atoms with van der Waals surface area (Å²) >= 11 is 4.34. The number of rotatable bonds is 7. The van der Waals surface area contributed by atoms with Crippen LogP contribution in [-0.2, 0) is 14.9 Å². The van der Waals surface area contributed by atoms with E-state index in [1.165, 1.54) is 21.3 Å². The van der Waals surface area contributed by atoms with Crippen LogP contribution in [-0.4, -0.2) is 27.1 Å². The molecule has 0 heterocycles. The highest BCUT2D eigenvalue weighted by molar-refractivity contribution is 8.68. The second-order valence-electron chi connectivity index (χ2n) is 5.62. The number of ether oxygens (including phenoxy) is 3. The molecule has 0 amide bonds. The minimum atomic E-state index is 0.0590.